The third kappa shape index (κ3) is 4.18. The fraction of sp³-hybridized carbons (Fsp3) is 0.467. The van der Waals surface area contributed by atoms with Crippen LogP contribution < -0.4 is 5.32 Å². The zero-order valence-electron chi connectivity index (χ0n) is 12.0. The Morgan fingerprint density at radius 2 is 2.10 bits per heavy atom. The highest BCUT2D eigenvalue weighted by atomic mass is 19.1. The van der Waals surface area contributed by atoms with Crippen LogP contribution in [0.2, 0.25) is 0 Å². The lowest BCUT2D eigenvalue weighted by Crippen LogP contribution is -2.44. The summed E-state index contributed by atoms with van der Waals surface area (Å²) in [6.07, 6.45) is 1.50. The van der Waals surface area contributed by atoms with E-state index in [-0.39, 0.29) is 23.7 Å². The Balaban J connectivity index is 1.92. The maximum atomic E-state index is 12.8. The number of amides is 2. The van der Waals surface area contributed by atoms with Gasteiger partial charge in [-0.3, -0.25) is 4.79 Å². The van der Waals surface area contributed by atoms with E-state index in [9.17, 15) is 14.0 Å². The molecule has 1 aromatic carbocycles. The number of likely N-dealkylation sites (tertiary alicyclic amines) is 1. The molecule has 0 aliphatic carbocycles. The molecule has 1 aliphatic heterocycles. The maximum absolute atomic E-state index is 12.8. The first-order valence-corrected chi connectivity index (χ1v) is 7.08. The van der Waals surface area contributed by atoms with Crippen molar-refractivity contribution in [1.29, 1.82) is 0 Å². The maximum Gasteiger partial charge on any atom is 0.321 e. The quantitative estimate of drug-likeness (QED) is 0.872. The molecule has 1 atom stereocenters. The Labute approximate surface area is 123 Å². The zero-order chi connectivity index (χ0) is 15.2. The van der Waals surface area contributed by atoms with Gasteiger partial charge in [-0.25, -0.2) is 9.18 Å². The van der Waals surface area contributed by atoms with Gasteiger partial charge in [-0.15, -0.1) is 0 Å². The Morgan fingerprint density at radius 1 is 1.38 bits per heavy atom. The van der Waals surface area contributed by atoms with Gasteiger partial charge in [0, 0.05) is 18.8 Å². The molecule has 1 aromatic rings. The van der Waals surface area contributed by atoms with Crippen molar-refractivity contribution in [2.24, 2.45) is 5.92 Å². The second kappa shape index (κ2) is 7.06. The largest absolute Gasteiger partial charge is 0.466 e. The Hall–Kier alpha value is -2.11. The average molecular weight is 294 g/mol. The van der Waals surface area contributed by atoms with E-state index in [4.69, 9.17) is 4.74 Å². The molecule has 1 fully saturated rings. The summed E-state index contributed by atoms with van der Waals surface area (Å²) in [6.45, 7) is 3.06. The number of rotatable bonds is 3. The van der Waals surface area contributed by atoms with E-state index in [1.54, 1.807) is 11.8 Å². The fourth-order valence-corrected chi connectivity index (χ4v) is 2.35. The molecule has 2 rings (SSSR count). The third-order valence-corrected chi connectivity index (χ3v) is 3.42. The number of halogens is 1. The number of nitrogens with zero attached hydrogens (tertiary/aromatic N) is 1. The molecule has 1 aliphatic rings. The third-order valence-electron chi connectivity index (χ3n) is 3.42. The van der Waals surface area contributed by atoms with Crippen LogP contribution in [0.4, 0.5) is 14.9 Å². The zero-order valence-corrected chi connectivity index (χ0v) is 12.0. The molecule has 1 N–H and O–H groups in total. The lowest BCUT2D eigenvalue weighted by Gasteiger charge is -2.31. The number of piperidine rings is 1. The summed E-state index contributed by atoms with van der Waals surface area (Å²) in [6, 6.07) is 5.29. The molecule has 1 saturated heterocycles. The molecule has 114 valence electrons. The van der Waals surface area contributed by atoms with Crippen LogP contribution in [0.3, 0.4) is 0 Å². The van der Waals surface area contributed by atoms with Crippen LogP contribution in [0.1, 0.15) is 19.8 Å². The minimum atomic E-state index is -0.353. The van der Waals surface area contributed by atoms with E-state index < -0.39 is 0 Å². The molecule has 2 amide bonds. The van der Waals surface area contributed by atoms with Gasteiger partial charge < -0.3 is 15.0 Å². The van der Waals surface area contributed by atoms with Gasteiger partial charge in [-0.1, -0.05) is 0 Å². The number of hydrogen-bond acceptors (Lipinski definition) is 3. The predicted octanol–water partition coefficient (Wildman–Crippen LogP) is 2.63. The second-order valence-electron chi connectivity index (χ2n) is 4.97. The first kappa shape index (κ1) is 15.3. The molecule has 0 spiro atoms. The number of ether oxygens (including phenoxy) is 1. The first-order valence-electron chi connectivity index (χ1n) is 7.08. The number of carbonyl (C=O) groups is 2. The van der Waals surface area contributed by atoms with Gasteiger partial charge in [0.2, 0.25) is 0 Å². The van der Waals surface area contributed by atoms with Gasteiger partial charge in [0.25, 0.3) is 0 Å². The van der Waals surface area contributed by atoms with E-state index in [1.807, 2.05) is 0 Å². The lowest BCUT2D eigenvalue weighted by atomic mass is 9.98. The van der Waals surface area contributed by atoms with Crippen molar-refractivity contribution in [2.45, 2.75) is 19.8 Å². The van der Waals surface area contributed by atoms with Crippen LogP contribution in [0.25, 0.3) is 0 Å². The Bertz CT molecular complexity index is 504. The molecule has 0 radical (unpaired) electrons. The topological polar surface area (TPSA) is 58.6 Å². The normalized spacial score (nSPS) is 18.2. The number of carbonyl (C=O) groups excluding carboxylic acids is 2. The summed E-state index contributed by atoms with van der Waals surface area (Å²) in [5.74, 6) is -0.872. The van der Waals surface area contributed by atoms with Gasteiger partial charge >= 0.3 is 12.0 Å². The summed E-state index contributed by atoms with van der Waals surface area (Å²) >= 11 is 0. The SMILES string of the molecule is CCOC(=O)C1CCCN(C(=O)Nc2ccc(F)cc2)C1. The van der Waals surface area contributed by atoms with E-state index in [1.165, 1.54) is 24.3 Å². The average Bonchev–Trinajstić information content (AvgIpc) is 2.50. The monoisotopic (exact) mass is 294 g/mol. The fourth-order valence-electron chi connectivity index (χ4n) is 2.35. The molecular formula is C15H19FN2O3. The van der Waals surface area contributed by atoms with Crippen LogP contribution in [0.5, 0.6) is 0 Å². The van der Waals surface area contributed by atoms with Gasteiger partial charge in [-0.2, -0.15) is 0 Å². The van der Waals surface area contributed by atoms with Gasteiger partial charge in [-0.05, 0) is 44.0 Å². The van der Waals surface area contributed by atoms with Crippen molar-refractivity contribution in [3.05, 3.63) is 30.1 Å². The van der Waals surface area contributed by atoms with Crippen molar-refractivity contribution in [2.75, 3.05) is 25.0 Å². The molecule has 5 nitrogen and oxygen atoms in total. The van der Waals surface area contributed by atoms with Crippen LogP contribution in [0.15, 0.2) is 24.3 Å². The van der Waals surface area contributed by atoms with Crippen molar-refractivity contribution < 1.29 is 18.7 Å². The van der Waals surface area contributed by atoms with Crippen molar-refractivity contribution in [3.8, 4) is 0 Å². The molecule has 0 saturated carbocycles. The van der Waals surface area contributed by atoms with Crippen molar-refractivity contribution in [3.63, 3.8) is 0 Å². The summed E-state index contributed by atoms with van der Waals surface area (Å²) in [4.78, 5) is 25.5. The van der Waals surface area contributed by atoms with E-state index in [0.717, 1.165) is 12.8 Å². The van der Waals surface area contributed by atoms with Crippen LogP contribution in [-0.4, -0.2) is 36.6 Å². The molecular weight excluding hydrogens is 275 g/mol. The molecule has 0 aromatic heterocycles. The Kier molecular flexibility index (Phi) is 5.14. The highest BCUT2D eigenvalue weighted by Gasteiger charge is 2.29. The summed E-state index contributed by atoms with van der Waals surface area (Å²) in [5.41, 5.74) is 0.527. The predicted molar refractivity (Wildman–Crippen MR) is 76.3 cm³/mol. The number of benzene rings is 1. The van der Waals surface area contributed by atoms with Crippen LogP contribution >= 0.6 is 0 Å². The summed E-state index contributed by atoms with van der Waals surface area (Å²) < 4.78 is 17.8. The summed E-state index contributed by atoms with van der Waals surface area (Å²) in [5, 5.41) is 2.70. The van der Waals surface area contributed by atoms with E-state index >= 15 is 0 Å². The van der Waals surface area contributed by atoms with Crippen LogP contribution in [-0.2, 0) is 9.53 Å². The number of nitrogens with one attached hydrogen (secondary N) is 1. The molecule has 1 unspecified atom stereocenters. The number of anilines is 1. The number of esters is 1. The standard InChI is InChI=1S/C15H19FN2O3/c1-2-21-14(19)11-4-3-9-18(10-11)15(20)17-13-7-5-12(16)6-8-13/h5-8,11H,2-4,9-10H2,1H3,(H,17,20). The van der Waals surface area contributed by atoms with Crippen LogP contribution in [0, 0.1) is 11.7 Å². The van der Waals surface area contributed by atoms with Gasteiger partial charge in [0.1, 0.15) is 5.82 Å². The molecule has 1 heterocycles. The van der Waals surface area contributed by atoms with Gasteiger partial charge in [0.15, 0.2) is 0 Å². The molecule has 0 bridgehead atoms. The lowest BCUT2D eigenvalue weighted by molar-refractivity contribution is -0.149. The smallest absolute Gasteiger partial charge is 0.321 e. The number of urea groups is 1. The minimum Gasteiger partial charge on any atom is -0.466 e. The van der Waals surface area contributed by atoms with E-state index in [2.05, 4.69) is 5.32 Å². The highest BCUT2D eigenvalue weighted by Crippen LogP contribution is 2.19. The van der Waals surface area contributed by atoms with E-state index in [0.29, 0.717) is 25.4 Å². The first-order chi connectivity index (χ1) is 10.1. The number of hydrogen-bond donors (Lipinski definition) is 1. The molecule has 6 heteroatoms. The Morgan fingerprint density at radius 3 is 2.76 bits per heavy atom. The summed E-state index contributed by atoms with van der Waals surface area (Å²) in [7, 11) is 0. The minimum absolute atomic E-state index is 0.253. The second-order valence-corrected chi connectivity index (χ2v) is 4.97. The van der Waals surface area contributed by atoms with Crippen molar-refractivity contribution >= 4 is 17.7 Å². The molecule has 21 heavy (non-hydrogen) atoms. The van der Waals surface area contributed by atoms with Crippen molar-refractivity contribution in [1.82, 2.24) is 4.90 Å². The highest BCUT2D eigenvalue weighted by molar-refractivity contribution is 5.89. The van der Waals surface area contributed by atoms with Gasteiger partial charge in [0.05, 0.1) is 12.5 Å².